The second-order valence-corrected chi connectivity index (χ2v) is 5.57. The number of nitrogens with one attached hydrogen (secondary N) is 1. The van der Waals surface area contributed by atoms with Crippen molar-refractivity contribution in [3.63, 3.8) is 0 Å². The molecule has 1 heterocycles. The van der Waals surface area contributed by atoms with Crippen molar-refractivity contribution in [1.82, 2.24) is 0 Å². The van der Waals surface area contributed by atoms with Gasteiger partial charge in [0.2, 0.25) is 5.91 Å². The molecule has 0 aromatic heterocycles. The molecule has 1 N–H and O–H groups in total. The fourth-order valence-electron chi connectivity index (χ4n) is 2.29. The first kappa shape index (κ1) is 15.4. The Labute approximate surface area is 139 Å². The Hall–Kier alpha value is -2.46. The first-order valence-electron chi connectivity index (χ1n) is 7.27. The van der Waals surface area contributed by atoms with E-state index in [-0.39, 0.29) is 5.91 Å². The summed E-state index contributed by atoms with van der Waals surface area (Å²) in [6.45, 7) is 2.92. The fraction of sp³-hybridized carbons (Fsp3) is 0.167. The second kappa shape index (κ2) is 6.75. The van der Waals surface area contributed by atoms with Crippen LogP contribution in [0.1, 0.15) is 11.1 Å². The van der Waals surface area contributed by atoms with Crippen molar-refractivity contribution in [3.05, 3.63) is 58.6 Å². The molecule has 3 rings (SSSR count). The average molecular weight is 330 g/mol. The summed E-state index contributed by atoms with van der Waals surface area (Å²) in [5.41, 5.74) is 2.58. The van der Waals surface area contributed by atoms with Crippen LogP contribution in [0.4, 0.5) is 5.69 Å². The molecular formula is C18H16ClNO3. The van der Waals surface area contributed by atoms with Crippen LogP contribution in [-0.4, -0.2) is 19.1 Å². The summed E-state index contributed by atoms with van der Waals surface area (Å²) in [4.78, 5) is 12.0. The second-order valence-electron chi connectivity index (χ2n) is 5.16. The molecule has 0 fully saturated rings. The molecule has 0 radical (unpaired) electrons. The molecule has 1 aliphatic rings. The summed E-state index contributed by atoms with van der Waals surface area (Å²) in [6, 6.07) is 11.2. The quantitative estimate of drug-likeness (QED) is 0.863. The van der Waals surface area contributed by atoms with E-state index in [0.717, 1.165) is 16.8 Å². The number of rotatable bonds is 3. The van der Waals surface area contributed by atoms with E-state index in [4.69, 9.17) is 21.1 Å². The standard InChI is InChI=1S/C18H16ClNO3/c1-12-4-2-3-5-15(12)20-17(21)7-6-13-10-14(19)18-16(11-13)22-8-9-23-18/h2-7,10-11H,8-9H2,1H3,(H,20,21)/b7-6+. The number of hydrogen-bond donors (Lipinski definition) is 1. The van der Waals surface area contributed by atoms with Crippen LogP contribution in [0, 0.1) is 6.92 Å². The van der Waals surface area contributed by atoms with Crippen LogP contribution in [0.2, 0.25) is 5.02 Å². The molecule has 1 amide bonds. The van der Waals surface area contributed by atoms with Crippen molar-refractivity contribution in [2.45, 2.75) is 6.92 Å². The topological polar surface area (TPSA) is 47.6 Å². The van der Waals surface area contributed by atoms with Crippen molar-refractivity contribution < 1.29 is 14.3 Å². The number of halogens is 1. The van der Waals surface area contributed by atoms with E-state index in [1.54, 1.807) is 18.2 Å². The SMILES string of the molecule is Cc1ccccc1NC(=O)/C=C/c1cc(Cl)c2c(c1)OCCO2. The Morgan fingerprint density at radius 3 is 2.83 bits per heavy atom. The molecule has 118 valence electrons. The summed E-state index contributed by atoms with van der Waals surface area (Å²) < 4.78 is 11.0. The number of amides is 1. The van der Waals surface area contributed by atoms with Gasteiger partial charge in [0.15, 0.2) is 11.5 Å². The Bertz CT molecular complexity index is 771. The van der Waals surface area contributed by atoms with E-state index < -0.39 is 0 Å². The highest BCUT2D eigenvalue weighted by molar-refractivity contribution is 6.32. The zero-order chi connectivity index (χ0) is 16.2. The van der Waals surface area contributed by atoms with Gasteiger partial charge in [-0.2, -0.15) is 0 Å². The third-order valence-corrected chi connectivity index (χ3v) is 3.73. The maximum atomic E-state index is 12.0. The van der Waals surface area contributed by atoms with Crippen LogP contribution in [0.25, 0.3) is 6.08 Å². The van der Waals surface area contributed by atoms with Crippen molar-refractivity contribution in [1.29, 1.82) is 0 Å². The number of carbonyl (C=O) groups is 1. The van der Waals surface area contributed by atoms with Crippen LogP contribution >= 0.6 is 11.6 Å². The van der Waals surface area contributed by atoms with Gasteiger partial charge in [0, 0.05) is 11.8 Å². The molecular weight excluding hydrogens is 314 g/mol. The molecule has 0 saturated carbocycles. The lowest BCUT2D eigenvalue weighted by atomic mass is 10.1. The Balaban J connectivity index is 1.74. The number of ether oxygens (including phenoxy) is 2. The maximum Gasteiger partial charge on any atom is 0.248 e. The lowest BCUT2D eigenvalue weighted by Gasteiger charge is -2.19. The van der Waals surface area contributed by atoms with Gasteiger partial charge in [0.25, 0.3) is 0 Å². The first-order chi connectivity index (χ1) is 11.1. The van der Waals surface area contributed by atoms with Crippen molar-refractivity contribution in [2.24, 2.45) is 0 Å². The number of benzene rings is 2. The minimum Gasteiger partial charge on any atom is -0.486 e. The highest BCUT2D eigenvalue weighted by Gasteiger charge is 2.15. The van der Waals surface area contributed by atoms with E-state index in [9.17, 15) is 4.79 Å². The summed E-state index contributed by atoms with van der Waals surface area (Å²) in [5.74, 6) is 0.951. The van der Waals surface area contributed by atoms with Crippen LogP contribution < -0.4 is 14.8 Å². The Morgan fingerprint density at radius 2 is 2.00 bits per heavy atom. The molecule has 0 saturated heterocycles. The molecule has 0 atom stereocenters. The van der Waals surface area contributed by atoms with Crippen LogP contribution in [-0.2, 0) is 4.79 Å². The van der Waals surface area contributed by atoms with E-state index >= 15 is 0 Å². The fourth-order valence-corrected chi connectivity index (χ4v) is 2.56. The molecule has 0 bridgehead atoms. The minimum atomic E-state index is -0.203. The normalized spacial score (nSPS) is 13.1. The van der Waals surface area contributed by atoms with E-state index in [0.29, 0.717) is 29.7 Å². The first-order valence-corrected chi connectivity index (χ1v) is 7.65. The Kier molecular flexibility index (Phi) is 4.53. The lowest BCUT2D eigenvalue weighted by Crippen LogP contribution is -2.15. The lowest BCUT2D eigenvalue weighted by molar-refractivity contribution is -0.111. The van der Waals surface area contributed by atoms with Gasteiger partial charge in [-0.3, -0.25) is 4.79 Å². The van der Waals surface area contributed by atoms with Crippen LogP contribution in [0.3, 0.4) is 0 Å². The van der Waals surface area contributed by atoms with Gasteiger partial charge >= 0.3 is 0 Å². The predicted octanol–water partition coefficient (Wildman–Crippen LogP) is 4.07. The van der Waals surface area contributed by atoms with Gasteiger partial charge in [-0.05, 0) is 42.3 Å². The molecule has 4 nitrogen and oxygen atoms in total. The third kappa shape index (κ3) is 3.66. The summed E-state index contributed by atoms with van der Waals surface area (Å²) >= 11 is 6.17. The van der Waals surface area contributed by atoms with Gasteiger partial charge in [-0.25, -0.2) is 0 Å². The largest absolute Gasteiger partial charge is 0.486 e. The van der Waals surface area contributed by atoms with E-state index in [1.807, 2.05) is 31.2 Å². The number of carbonyl (C=O) groups excluding carboxylic acids is 1. The summed E-state index contributed by atoms with van der Waals surface area (Å²) in [5, 5.41) is 3.32. The molecule has 23 heavy (non-hydrogen) atoms. The molecule has 1 aliphatic heterocycles. The molecule has 2 aromatic carbocycles. The van der Waals surface area contributed by atoms with Crippen LogP contribution in [0.5, 0.6) is 11.5 Å². The van der Waals surface area contributed by atoms with Crippen molar-refractivity contribution in [3.8, 4) is 11.5 Å². The molecule has 0 spiro atoms. The number of anilines is 1. The number of hydrogen-bond acceptors (Lipinski definition) is 3. The van der Waals surface area contributed by atoms with E-state index in [2.05, 4.69) is 5.32 Å². The van der Waals surface area contributed by atoms with Gasteiger partial charge in [-0.15, -0.1) is 0 Å². The summed E-state index contributed by atoms with van der Waals surface area (Å²) in [6.07, 6.45) is 3.16. The highest BCUT2D eigenvalue weighted by Crippen LogP contribution is 2.38. The molecule has 0 aliphatic carbocycles. The Morgan fingerprint density at radius 1 is 1.22 bits per heavy atom. The summed E-state index contributed by atoms with van der Waals surface area (Å²) in [7, 11) is 0. The van der Waals surface area contributed by atoms with Crippen molar-refractivity contribution in [2.75, 3.05) is 18.5 Å². The molecule has 0 unspecified atom stereocenters. The number of fused-ring (bicyclic) bond motifs is 1. The van der Waals surface area contributed by atoms with Gasteiger partial charge in [0.1, 0.15) is 13.2 Å². The van der Waals surface area contributed by atoms with E-state index in [1.165, 1.54) is 6.08 Å². The number of aryl methyl sites for hydroxylation is 1. The minimum absolute atomic E-state index is 0.203. The highest BCUT2D eigenvalue weighted by atomic mass is 35.5. The molecule has 2 aromatic rings. The van der Waals surface area contributed by atoms with Gasteiger partial charge < -0.3 is 14.8 Å². The zero-order valence-corrected chi connectivity index (χ0v) is 13.4. The number of para-hydroxylation sites is 1. The average Bonchev–Trinajstić information content (AvgIpc) is 2.55. The zero-order valence-electron chi connectivity index (χ0n) is 12.6. The smallest absolute Gasteiger partial charge is 0.248 e. The van der Waals surface area contributed by atoms with Crippen molar-refractivity contribution >= 4 is 29.3 Å². The third-order valence-electron chi connectivity index (χ3n) is 3.45. The predicted molar refractivity (Wildman–Crippen MR) is 91.3 cm³/mol. The van der Waals surface area contributed by atoms with Gasteiger partial charge in [0.05, 0.1) is 5.02 Å². The van der Waals surface area contributed by atoms with Gasteiger partial charge in [-0.1, -0.05) is 29.8 Å². The molecule has 5 heteroatoms. The maximum absolute atomic E-state index is 12.0. The monoisotopic (exact) mass is 329 g/mol. The van der Waals surface area contributed by atoms with Crippen LogP contribution in [0.15, 0.2) is 42.5 Å².